The molecule has 6 nitrogen and oxygen atoms in total. The molecule has 8 heteroatoms. The Morgan fingerprint density at radius 3 is 2.67 bits per heavy atom. The fourth-order valence-electron chi connectivity index (χ4n) is 1.60. The maximum absolute atomic E-state index is 13.7. The number of nitrogen functional groups attached to an aromatic ring is 1. The first kappa shape index (κ1) is 14.9. The summed E-state index contributed by atoms with van der Waals surface area (Å²) in [6.07, 6.45) is 0. The second kappa shape index (κ2) is 5.88. The number of para-hydroxylation sites is 1. The summed E-state index contributed by atoms with van der Waals surface area (Å²) in [6, 6.07) is 7.89. The molecule has 2 aromatic carbocycles. The number of nitrogens with zero attached hydrogens (tertiary/aromatic N) is 1. The van der Waals surface area contributed by atoms with Gasteiger partial charge in [0, 0.05) is 11.6 Å². The molecule has 0 heterocycles. The van der Waals surface area contributed by atoms with Crippen LogP contribution in [0.2, 0.25) is 0 Å². The van der Waals surface area contributed by atoms with Crippen molar-refractivity contribution in [2.24, 2.45) is 5.73 Å². The Kier molecular flexibility index (Phi) is 4.18. The highest BCUT2D eigenvalue weighted by Gasteiger charge is 2.21. The third kappa shape index (κ3) is 3.16. The average molecular weight is 354 g/mol. The molecule has 0 amide bonds. The van der Waals surface area contributed by atoms with E-state index in [9.17, 15) is 14.5 Å². The standard InChI is InChI=1S/C13H9BrFN3O3/c14-8-6-7(13(16)17)4-5-11(8)21-12-9(15)2-1-3-10(12)18(19)20/h1-6H,(H3,16,17). The van der Waals surface area contributed by atoms with E-state index < -0.39 is 22.2 Å². The number of hydrogen-bond donors (Lipinski definition) is 2. The van der Waals surface area contributed by atoms with Crippen molar-refractivity contribution in [3.63, 3.8) is 0 Å². The van der Waals surface area contributed by atoms with E-state index in [1.165, 1.54) is 24.3 Å². The number of benzene rings is 2. The Morgan fingerprint density at radius 1 is 1.38 bits per heavy atom. The highest BCUT2D eigenvalue weighted by molar-refractivity contribution is 9.10. The number of nitrogens with one attached hydrogen (secondary N) is 1. The molecule has 2 rings (SSSR count). The molecule has 0 unspecified atom stereocenters. The lowest BCUT2D eigenvalue weighted by Crippen LogP contribution is -2.10. The molecular formula is C13H9BrFN3O3. The van der Waals surface area contributed by atoms with Gasteiger partial charge in [-0.05, 0) is 40.2 Å². The average Bonchev–Trinajstić information content (AvgIpc) is 2.42. The van der Waals surface area contributed by atoms with Gasteiger partial charge in [-0.3, -0.25) is 15.5 Å². The third-order valence-electron chi connectivity index (χ3n) is 2.60. The number of amidine groups is 1. The summed E-state index contributed by atoms with van der Waals surface area (Å²) in [5.74, 6) is -1.28. The first-order valence-electron chi connectivity index (χ1n) is 5.65. The number of nitrogens with two attached hydrogens (primary N) is 1. The van der Waals surface area contributed by atoms with E-state index in [4.69, 9.17) is 15.9 Å². The normalized spacial score (nSPS) is 10.2. The minimum Gasteiger partial charge on any atom is -0.446 e. The molecule has 2 aromatic rings. The van der Waals surface area contributed by atoms with Crippen molar-refractivity contribution in [2.45, 2.75) is 0 Å². The minimum atomic E-state index is -0.841. The van der Waals surface area contributed by atoms with Crippen LogP contribution in [0.25, 0.3) is 0 Å². The maximum atomic E-state index is 13.7. The number of halogens is 2. The molecule has 0 fully saturated rings. The van der Waals surface area contributed by atoms with Crippen LogP contribution in [0.1, 0.15) is 5.56 Å². The fourth-order valence-corrected chi connectivity index (χ4v) is 2.06. The molecule has 0 aliphatic carbocycles. The summed E-state index contributed by atoms with van der Waals surface area (Å²) >= 11 is 3.19. The molecule has 0 aliphatic rings. The SMILES string of the molecule is N=C(N)c1ccc(Oc2c(F)cccc2[N+](=O)[O-])c(Br)c1. The quantitative estimate of drug-likeness (QED) is 0.379. The van der Waals surface area contributed by atoms with Crippen LogP contribution >= 0.6 is 15.9 Å². The second-order valence-corrected chi connectivity index (χ2v) is 4.86. The number of nitro groups is 1. The summed E-state index contributed by atoms with van der Waals surface area (Å²) < 4.78 is 19.4. The minimum absolute atomic E-state index is 0.140. The molecule has 0 radical (unpaired) electrons. The first-order valence-corrected chi connectivity index (χ1v) is 6.44. The lowest BCUT2D eigenvalue weighted by Gasteiger charge is -2.10. The second-order valence-electron chi connectivity index (χ2n) is 4.01. The molecule has 21 heavy (non-hydrogen) atoms. The molecule has 0 atom stereocenters. The summed E-state index contributed by atoms with van der Waals surface area (Å²) in [5.41, 5.74) is 5.31. The van der Waals surface area contributed by atoms with E-state index in [0.717, 1.165) is 12.1 Å². The number of ether oxygens (including phenoxy) is 1. The van der Waals surface area contributed by atoms with Crippen molar-refractivity contribution in [1.82, 2.24) is 0 Å². The lowest BCUT2D eigenvalue weighted by atomic mass is 10.2. The molecular weight excluding hydrogens is 345 g/mol. The van der Waals surface area contributed by atoms with Gasteiger partial charge < -0.3 is 10.5 Å². The van der Waals surface area contributed by atoms with Gasteiger partial charge in [-0.1, -0.05) is 6.07 Å². The summed E-state index contributed by atoms with van der Waals surface area (Å²) in [5, 5.41) is 18.2. The Balaban J connectivity index is 2.44. The molecule has 3 N–H and O–H groups in total. The van der Waals surface area contributed by atoms with Crippen LogP contribution in [0.4, 0.5) is 10.1 Å². The van der Waals surface area contributed by atoms with Crippen molar-refractivity contribution >= 4 is 27.5 Å². The van der Waals surface area contributed by atoms with Crippen LogP contribution in [0.3, 0.4) is 0 Å². The van der Waals surface area contributed by atoms with Crippen LogP contribution in [0, 0.1) is 21.3 Å². The smallest absolute Gasteiger partial charge is 0.314 e. The summed E-state index contributed by atoms with van der Waals surface area (Å²) in [7, 11) is 0. The molecule has 0 bridgehead atoms. The maximum Gasteiger partial charge on any atom is 0.314 e. The predicted molar refractivity (Wildman–Crippen MR) is 78.3 cm³/mol. The Hall–Kier alpha value is -2.48. The molecule has 0 aromatic heterocycles. The van der Waals surface area contributed by atoms with Crippen LogP contribution in [0.15, 0.2) is 40.9 Å². The van der Waals surface area contributed by atoms with E-state index in [0.29, 0.717) is 10.0 Å². The summed E-state index contributed by atoms with van der Waals surface area (Å²) in [4.78, 5) is 10.2. The van der Waals surface area contributed by atoms with Crippen LogP contribution in [-0.2, 0) is 0 Å². The largest absolute Gasteiger partial charge is 0.446 e. The van der Waals surface area contributed by atoms with Gasteiger partial charge in [0.25, 0.3) is 0 Å². The van der Waals surface area contributed by atoms with Gasteiger partial charge in [0.2, 0.25) is 5.75 Å². The van der Waals surface area contributed by atoms with E-state index in [1.807, 2.05) is 0 Å². The van der Waals surface area contributed by atoms with Gasteiger partial charge in [0.1, 0.15) is 11.6 Å². The molecule has 0 spiro atoms. The van der Waals surface area contributed by atoms with E-state index in [-0.39, 0.29) is 11.6 Å². The van der Waals surface area contributed by atoms with Gasteiger partial charge in [0.15, 0.2) is 5.82 Å². The van der Waals surface area contributed by atoms with Gasteiger partial charge in [-0.25, -0.2) is 4.39 Å². The third-order valence-corrected chi connectivity index (χ3v) is 3.22. The number of nitro benzene ring substituents is 1. The molecule has 0 aliphatic heterocycles. The van der Waals surface area contributed by atoms with Crippen molar-refractivity contribution in [1.29, 1.82) is 5.41 Å². The van der Waals surface area contributed by atoms with Crippen molar-refractivity contribution < 1.29 is 14.1 Å². The monoisotopic (exact) mass is 353 g/mol. The van der Waals surface area contributed by atoms with Gasteiger partial charge in [-0.15, -0.1) is 0 Å². The van der Waals surface area contributed by atoms with Gasteiger partial charge in [0.05, 0.1) is 9.40 Å². The van der Waals surface area contributed by atoms with E-state index in [1.54, 1.807) is 0 Å². The number of hydrogen-bond acceptors (Lipinski definition) is 4. The predicted octanol–water partition coefficient (Wildman–Crippen LogP) is 3.57. The van der Waals surface area contributed by atoms with E-state index in [2.05, 4.69) is 15.9 Å². The van der Waals surface area contributed by atoms with E-state index >= 15 is 0 Å². The number of rotatable bonds is 4. The first-order chi connectivity index (χ1) is 9.90. The van der Waals surface area contributed by atoms with Gasteiger partial charge >= 0.3 is 5.69 Å². The lowest BCUT2D eigenvalue weighted by molar-refractivity contribution is -0.385. The van der Waals surface area contributed by atoms with Crippen LogP contribution in [-0.4, -0.2) is 10.8 Å². The highest BCUT2D eigenvalue weighted by atomic mass is 79.9. The molecule has 0 saturated heterocycles. The zero-order valence-corrected chi connectivity index (χ0v) is 12.1. The van der Waals surface area contributed by atoms with Crippen molar-refractivity contribution in [3.8, 4) is 11.5 Å². The van der Waals surface area contributed by atoms with Crippen LogP contribution < -0.4 is 10.5 Å². The topological polar surface area (TPSA) is 102 Å². The fraction of sp³-hybridized carbons (Fsp3) is 0. The van der Waals surface area contributed by atoms with Crippen LogP contribution in [0.5, 0.6) is 11.5 Å². The Bertz CT molecular complexity index is 737. The van der Waals surface area contributed by atoms with Gasteiger partial charge in [-0.2, -0.15) is 0 Å². The Labute approximate surface area is 127 Å². The summed E-state index contributed by atoms with van der Waals surface area (Å²) in [6.45, 7) is 0. The highest BCUT2D eigenvalue weighted by Crippen LogP contribution is 2.37. The van der Waals surface area contributed by atoms with Crippen molar-refractivity contribution in [3.05, 3.63) is 62.4 Å². The zero-order valence-electron chi connectivity index (χ0n) is 10.5. The van der Waals surface area contributed by atoms with Crippen molar-refractivity contribution in [2.75, 3.05) is 0 Å². The zero-order chi connectivity index (χ0) is 15.6. The Morgan fingerprint density at radius 2 is 2.10 bits per heavy atom. The molecule has 0 saturated carbocycles. The molecule has 108 valence electrons.